The van der Waals surface area contributed by atoms with Crippen molar-refractivity contribution in [3.05, 3.63) is 0 Å². The van der Waals surface area contributed by atoms with Crippen molar-refractivity contribution in [3.63, 3.8) is 0 Å². The van der Waals surface area contributed by atoms with Gasteiger partial charge in [-0.2, -0.15) is 0 Å². The Bertz CT molecular complexity index is 562. The fraction of sp³-hybridized carbons (Fsp3) is 1.00. The average molecular weight is 1010 g/mol. The van der Waals surface area contributed by atoms with Crippen molar-refractivity contribution in [2.24, 2.45) is 0 Å². The van der Waals surface area contributed by atoms with Gasteiger partial charge in [0.05, 0.1) is 0 Å². The van der Waals surface area contributed by atoms with Crippen molar-refractivity contribution < 1.29 is 42.1 Å². The largest absolute Gasteiger partial charge is 4.00 e. The van der Waals surface area contributed by atoms with Crippen molar-refractivity contribution in [3.8, 4) is 0 Å². The molecular weight excluding hydrogens is 881 g/mol. The van der Waals surface area contributed by atoms with E-state index in [1.54, 1.807) is 0 Å². The second-order valence-corrected chi connectivity index (χ2v) is 21.2. The third-order valence-electron chi connectivity index (χ3n) is 14.0. The first kappa shape index (κ1) is 78.4. The van der Waals surface area contributed by atoms with Crippen molar-refractivity contribution in [1.82, 2.24) is 0 Å². The summed E-state index contributed by atoms with van der Waals surface area (Å²) < 4.78 is 0. The number of hydrogen-bond acceptors (Lipinski definition) is 4. The molecule has 0 aliphatic rings. The molecule has 0 heterocycles. The standard InChI is InChI=1S/4C16H33O.Ti/c4*1-2-3-4-5-6-7-8-9-10-11-12-13-14-15-16-17;/h4*2-16H2,1H3;/q4*-1;+4. The first-order chi connectivity index (χ1) is 33.7. The average Bonchev–Trinajstić information content (AvgIpc) is 3.35. The van der Waals surface area contributed by atoms with Gasteiger partial charge in [-0.1, -0.05) is 387 Å². The molecule has 0 bridgehead atoms. The molecule has 0 spiro atoms. The molecule has 0 saturated heterocycles. The molecule has 0 unspecified atom stereocenters. The van der Waals surface area contributed by atoms with Gasteiger partial charge in [0, 0.05) is 0 Å². The van der Waals surface area contributed by atoms with E-state index < -0.39 is 0 Å². The van der Waals surface area contributed by atoms with E-state index in [2.05, 4.69) is 27.7 Å². The SMILES string of the molecule is CCCCCCCCCCCCCCCC[O-].CCCCCCCCCCCCCCCC[O-].CCCCCCCCCCCCCCCC[O-].CCCCCCCCCCCCCCCC[O-].[Ti+4]. The van der Waals surface area contributed by atoms with Gasteiger partial charge in [-0.05, 0) is 0 Å². The molecule has 0 fully saturated rings. The molecule has 5 heteroatoms. The summed E-state index contributed by atoms with van der Waals surface area (Å²) in [6.45, 7) is 9.59. The minimum Gasteiger partial charge on any atom is -0.854 e. The van der Waals surface area contributed by atoms with Crippen molar-refractivity contribution in [2.75, 3.05) is 26.4 Å². The molecule has 0 aliphatic heterocycles. The molecule has 0 rings (SSSR count). The van der Waals surface area contributed by atoms with Crippen LogP contribution in [0.2, 0.25) is 0 Å². The maximum absolute atomic E-state index is 10.2. The third kappa shape index (κ3) is 94.9. The van der Waals surface area contributed by atoms with Gasteiger partial charge >= 0.3 is 21.7 Å². The summed E-state index contributed by atoms with van der Waals surface area (Å²) in [7, 11) is 0. The van der Waals surface area contributed by atoms with E-state index in [1.165, 1.54) is 308 Å². The Morgan fingerprint density at radius 2 is 0.203 bits per heavy atom. The molecule has 0 amide bonds. The minimum absolute atomic E-state index is 0. The minimum atomic E-state index is 0. The van der Waals surface area contributed by atoms with Crippen LogP contribution in [0.15, 0.2) is 0 Å². The summed E-state index contributed by atoms with van der Waals surface area (Å²) in [6.07, 6.45) is 75.5. The number of hydrogen-bond donors (Lipinski definition) is 0. The summed E-state index contributed by atoms with van der Waals surface area (Å²) in [5, 5.41) is 40.9. The molecule has 0 aromatic heterocycles. The van der Waals surface area contributed by atoms with Gasteiger partial charge in [0.25, 0.3) is 0 Å². The Morgan fingerprint density at radius 1 is 0.130 bits per heavy atom. The summed E-state index contributed by atoms with van der Waals surface area (Å²) in [5.41, 5.74) is 0. The van der Waals surface area contributed by atoms with E-state index in [0.29, 0.717) is 0 Å². The summed E-state index contributed by atoms with van der Waals surface area (Å²) in [6, 6.07) is 0. The van der Waals surface area contributed by atoms with Crippen LogP contribution in [-0.4, -0.2) is 26.4 Å². The van der Waals surface area contributed by atoms with Gasteiger partial charge in [-0.3, -0.25) is 0 Å². The van der Waals surface area contributed by atoms with Crippen LogP contribution in [0.5, 0.6) is 0 Å². The molecule has 4 nitrogen and oxygen atoms in total. The van der Waals surface area contributed by atoms with Crippen LogP contribution in [0.4, 0.5) is 0 Å². The molecule has 0 aromatic carbocycles. The van der Waals surface area contributed by atoms with Crippen LogP contribution in [0.25, 0.3) is 0 Å². The van der Waals surface area contributed by atoms with Gasteiger partial charge < -0.3 is 20.4 Å². The smallest absolute Gasteiger partial charge is 0.854 e. The van der Waals surface area contributed by atoms with Gasteiger partial charge in [0.15, 0.2) is 0 Å². The topological polar surface area (TPSA) is 92.2 Å². The van der Waals surface area contributed by atoms with E-state index in [1.807, 2.05) is 0 Å². The molecule has 0 saturated carbocycles. The first-order valence-corrected chi connectivity index (χ1v) is 32.0. The van der Waals surface area contributed by atoms with E-state index in [9.17, 15) is 20.4 Å². The van der Waals surface area contributed by atoms with Gasteiger partial charge in [-0.25, -0.2) is 0 Å². The Morgan fingerprint density at radius 3 is 0.275 bits per heavy atom. The zero-order valence-electron chi connectivity index (χ0n) is 48.6. The fourth-order valence-corrected chi connectivity index (χ4v) is 9.19. The van der Waals surface area contributed by atoms with Crippen molar-refractivity contribution >= 4 is 0 Å². The monoisotopic (exact) mass is 1010 g/mol. The Labute approximate surface area is 453 Å². The number of rotatable bonds is 56. The number of unbranched alkanes of at least 4 members (excludes halogenated alkanes) is 52. The second kappa shape index (κ2) is 85.3. The maximum atomic E-state index is 10.2. The molecule has 0 radical (unpaired) electrons. The van der Waals surface area contributed by atoms with Crippen molar-refractivity contribution in [1.29, 1.82) is 0 Å². The van der Waals surface area contributed by atoms with E-state index in [-0.39, 0.29) is 48.1 Å². The van der Waals surface area contributed by atoms with Crippen LogP contribution >= 0.6 is 0 Å². The predicted molar refractivity (Wildman–Crippen MR) is 301 cm³/mol. The van der Waals surface area contributed by atoms with Crippen LogP contribution in [0.1, 0.15) is 387 Å². The third-order valence-corrected chi connectivity index (χ3v) is 14.0. The zero-order chi connectivity index (χ0) is 50.4. The Kier molecular flexibility index (Phi) is 97.0. The van der Waals surface area contributed by atoms with Crippen molar-refractivity contribution in [2.45, 2.75) is 387 Å². The predicted octanol–water partition coefficient (Wildman–Crippen LogP) is 19.3. The van der Waals surface area contributed by atoms with Crippen LogP contribution < -0.4 is 20.4 Å². The van der Waals surface area contributed by atoms with Crippen LogP contribution in [-0.2, 0) is 21.7 Å². The van der Waals surface area contributed by atoms with Gasteiger partial charge in [0.2, 0.25) is 0 Å². The zero-order valence-corrected chi connectivity index (χ0v) is 50.1. The first-order valence-electron chi connectivity index (χ1n) is 32.0. The van der Waals surface area contributed by atoms with Crippen LogP contribution in [0, 0.1) is 0 Å². The summed E-state index contributed by atoms with van der Waals surface area (Å²) in [5.74, 6) is 0. The molecule has 0 aromatic rings. The quantitative estimate of drug-likeness (QED) is 0.0448. The van der Waals surface area contributed by atoms with E-state index >= 15 is 0 Å². The molecule has 416 valence electrons. The molecule has 0 N–H and O–H groups in total. The van der Waals surface area contributed by atoms with E-state index in [4.69, 9.17) is 0 Å². The molecule has 0 atom stereocenters. The maximum Gasteiger partial charge on any atom is 4.00 e. The second-order valence-electron chi connectivity index (χ2n) is 21.2. The molecule has 0 aliphatic carbocycles. The Balaban J connectivity index is -0.000000263. The summed E-state index contributed by atoms with van der Waals surface area (Å²) in [4.78, 5) is 0. The Hall–Kier alpha value is 0.554. The van der Waals surface area contributed by atoms with Gasteiger partial charge in [0.1, 0.15) is 0 Å². The molecular formula is C64H132O4Ti. The molecule has 69 heavy (non-hydrogen) atoms. The fourth-order valence-electron chi connectivity index (χ4n) is 9.19. The van der Waals surface area contributed by atoms with Gasteiger partial charge in [-0.15, -0.1) is 26.4 Å². The summed E-state index contributed by atoms with van der Waals surface area (Å²) >= 11 is 0. The van der Waals surface area contributed by atoms with E-state index in [0.717, 1.165) is 51.4 Å². The van der Waals surface area contributed by atoms with Crippen LogP contribution in [0.3, 0.4) is 0 Å². The normalized spacial score (nSPS) is 10.8.